The Balaban J connectivity index is 1.85. The minimum Gasteiger partial charge on any atom is -0.508 e. The van der Waals surface area contributed by atoms with E-state index in [1.165, 1.54) is 0 Å². The van der Waals surface area contributed by atoms with E-state index in [0.717, 1.165) is 28.2 Å². The van der Waals surface area contributed by atoms with Crippen LogP contribution in [0.5, 0.6) is 5.75 Å². The molecular weight excluding hydrogens is 332 g/mol. The zero-order valence-electron chi connectivity index (χ0n) is 13.5. The lowest BCUT2D eigenvalue weighted by atomic mass is 9.96. The molecule has 0 radical (unpaired) electrons. The van der Waals surface area contributed by atoms with Gasteiger partial charge in [0.25, 0.3) is 0 Å². The Kier molecular flexibility index (Phi) is 4.16. The van der Waals surface area contributed by atoms with Crippen LogP contribution in [0.25, 0.3) is 0 Å². The molecule has 0 saturated carbocycles. The molecule has 124 valence electrons. The van der Waals surface area contributed by atoms with Crippen molar-refractivity contribution in [3.05, 3.63) is 88.9 Å². The Morgan fingerprint density at radius 3 is 2.48 bits per heavy atom. The monoisotopic (exact) mass is 348 g/mol. The minimum atomic E-state index is -0.0973. The molecule has 0 aliphatic carbocycles. The summed E-state index contributed by atoms with van der Waals surface area (Å²) in [6, 6.07) is 23.0. The van der Waals surface area contributed by atoms with E-state index in [1.54, 1.807) is 6.07 Å². The number of phenols is 1. The van der Waals surface area contributed by atoms with E-state index in [2.05, 4.69) is 5.32 Å². The maximum atomic E-state index is 10.3. The van der Waals surface area contributed by atoms with E-state index in [9.17, 15) is 5.11 Å². The van der Waals surface area contributed by atoms with Crippen LogP contribution >= 0.6 is 11.6 Å². The molecule has 4 rings (SSSR count). The second kappa shape index (κ2) is 6.61. The smallest absolute Gasteiger partial charge is 0.120 e. The van der Waals surface area contributed by atoms with Crippen molar-refractivity contribution in [2.75, 3.05) is 5.32 Å². The molecular formula is C21H17ClN2O. The zero-order valence-corrected chi connectivity index (χ0v) is 14.2. The van der Waals surface area contributed by atoms with Crippen molar-refractivity contribution in [2.24, 2.45) is 4.99 Å². The first-order valence-corrected chi connectivity index (χ1v) is 8.56. The molecule has 1 aliphatic rings. The number of hydrogen-bond acceptors (Lipinski definition) is 3. The second-order valence-electron chi connectivity index (χ2n) is 6.02. The van der Waals surface area contributed by atoms with Gasteiger partial charge in [0.05, 0.1) is 23.1 Å². The Hall–Kier alpha value is -2.78. The number of nitrogens with zero attached hydrogens (tertiary/aromatic N) is 1. The molecule has 2 N–H and O–H groups in total. The largest absolute Gasteiger partial charge is 0.508 e. The summed E-state index contributed by atoms with van der Waals surface area (Å²) in [5.41, 5.74) is 4.48. The summed E-state index contributed by atoms with van der Waals surface area (Å²) in [7, 11) is 0. The fraction of sp³-hybridized carbons (Fsp3) is 0.0952. The van der Waals surface area contributed by atoms with Crippen LogP contribution in [0.15, 0.2) is 77.8 Å². The standard InChI is InChI=1S/C21H17ClN2O/c22-16-9-3-1-7-14(16)19-13-20(15-8-2-6-12-21(15)25)24-18-11-5-4-10-17(18)23-19/h1-12,20,24-25H,13H2. The molecule has 25 heavy (non-hydrogen) atoms. The lowest BCUT2D eigenvalue weighted by Crippen LogP contribution is -2.14. The summed E-state index contributed by atoms with van der Waals surface area (Å²) < 4.78 is 0. The molecule has 1 aliphatic heterocycles. The van der Waals surface area contributed by atoms with Gasteiger partial charge in [-0.05, 0) is 24.3 Å². The number of rotatable bonds is 2. The van der Waals surface area contributed by atoms with Crippen LogP contribution in [-0.4, -0.2) is 10.8 Å². The van der Waals surface area contributed by atoms with Crippen molar-refractivity contribution in [1.29, 1.82) is 0 Å². The van der Waals surface area contributed by atoms with Gasteiger partial charge in [-0.2, -0.15) is 0 Å². The average molecular weight is 349 g/mol. The van der Waals surface area contributed by atoms with E-state index in [4.69, 9.17) is 16.6 Å². The fourth-order valence-corrected chi connectivity index (χ4v) is 3.40. The Bertz CT molecular complexity index is 952. The highest BCUT2D eigenvalue weighted by molar-refractivity contribution is 6.34. The van der Waals surface area contributed by atoms with Crippen LogP contribution in [0.4, 0.5) is 11.4 Å². The van der Waals surface area contributed by atoms with Crippen molar-refractivity contribution in [1.82, 2.24) is 0 Å². The summed E-state index contributed by atoms with van der Waals surface area (Å²) in [6.07, 6.45) is 0.621. The molecule has 0 bridgehead atoms. The van der Waals surface area contributed by atoms with Gasteiger partial charge >= 0.3 is 0 Å². The predicted octanol–water partition coefficient (Wildman–Crippen LogP) is 5.72. The van der Waals surface area contributed by atoms with Crippen molar-refractivity contribution in [2.45, 2.75) is 12.5 Å². The molecule has 1 atom stereocenters. The van der Waals surface area contributed by atoms with Crippen LogP contribution in [0.2, 0.25) is 5.02 Å². The summed E-state index contributed by atoms with van der Waals surface area (Å²) in [4.78, 5) is 4.86. The Morgan fingerprint density at radius 1 is 0.920 bits per heavy atom. The molecule has 1 heterocycles. The number of phenolic OH excluding ortho intramolecular Hbond substituents is 1. The quantitative estimate of drug-likeness (QED) is 0.621. The van der Waals surface area contributed by atoms with E-state index in [0.29, 0.717) is 11.4 Å². The van der Waals surface area contributed by atoms with Crippen molar-refractivity contribution in [3.63, 3.8) is 0 Å². The maximum absolute atomic E-state index is 10.3. The Labute approximate surface area is 151 Å². The first kappa shape index (κ1) is 15.7. The summed E-state index contributed by atoms with van der Waals surface area (Å²) in [5.74, 6) is 0.276. The number of para-hydroxylation sites is 3. The number of benzene rings is 3. The highest BCUT2D eigenvalue weighted by Crippen LogP contribution is 2.38. The van der Waals surface area contributed by atoms with Gasteiger partial charge in [0.1, 0.15) is 5.75 Å². The molecule has 0 fully saturated rings. The number of anilines is 1. The third kappa shape index (κ3) is 3.11. The van der Waals surface area contributed by atoms with Crippen LogP contribution in [-0.2, 0) is 0 Å². The number of halogens is 1. The van der Waals surface area contributed by atoms with Gasteiger partial charge in [0, 0.05) is 22.6 Å². The van der Waals surface area contributed by atoms with Crippen molar-refractivity contribution < 1.29 is 5.11 Å². The average Bonchev–Trinajstić information content (AvgIpc) is 2.82. The van der Waals surface area contributed by atoms with Crippen molar-refractivity contribution >= 4 is 28.7 Å². The third-order valence-corrected chi connectivity index (χ3v) is 4.71. The highest BCUT2D eigenvalue weighted by Gasteiger charge is 2.23. The number of aromatic hydroxyl groups is 1. The van der Waals surface area contributed by atoms with E-state index in [-0.39, 0.29) is 11.8 Å². The summed E-state index contributed by atoms with van der Waals surface area (Å²) >= 11 is 6.41. The van der Waals surface area contributed by atoms with Gasteiger partial charge in [-0.15, -0.1) is 0 Å². The third-order valence-electron chi connectivity index (χ3n) is 4.38. The first-order valence-electron chi connectivity index (χ1n) is 8.18. The van der Waals surface area contributed by atoms with Crippen LogP contribution in [0.1, 0.15) is 23.6 Å². The van der Waals surface area contributed by atoms with Gasteiger partial charge in [-0.1, -0.05) is 60.1 Å². The lowest BCUT2D eigenvalue weighted by Gasteiger charge is -2.20. The molecule has 4 heteroatoms. The molecule has 0 amide bonds. The van der Waals surface area contributed by atoms with Crippen LogP contribution in [0, 0.1) is 0 Å². The summed E-state index contributed by atoms with van der Waals surface area (Å²) in [6.45, 7) is 0. The van der Waals surface area contributed by atoms with Gasteiger partial charge in [0.2, 0.25) is 0 Å². The van der Waals surface area contributed by atoms with E-state index < -0.39 is 0 Å². The second-order valence-corrected chi connectivity index (χ2v) is 6.42. The fourth-order valence-electron chi connectivity index (χ4n) is 3.15. The molecule has 0 spiro atoms. The lowest BCUT2D eigenvalue weighted by molar-refractivity contribution is 0.464. The molecule has 1 unspecified atom stereocenters. The summed E-state index contributed by atoms with van der Waals surface area (Å²) in [5, 5.41) is 14.5. The van der Waals surface area contributed by atoms with Gasteiger partial charge in [0.15, 0.2) is 0 Å². The highest BCUT2D eigenvalue weighted by atomic mass is 35.5. The van der Waals surface area contributed by atoms with Gasteiger partial charge in [-0.25, -0.2) is 0 Å². The molecule has 3 nitrogen and oxygen atoms in total. The number of hydrogen-bond donors (Lipinski definition) is 2. The van der Waals surface area contributed by atoms with Crippen molar-refractivity contribution in [3.8, 4) is 5.75 Å². The number of fused-ring (bicyclic) bond motifs is 1. The van der Waals surface area contributed by atoms with Crippen LogP contribution in [0.3, 0.4) is 0 Å². The normalized spacial score (nSPS) is 16.4. The molecule has 0 saturated heterocycles. The maximum Gasteiger partial charge on any atom is 0.120 e. The predicted molar refractivity (Wildman–Crippen MR) is 103 cm³/mol. The van der Waals surface area contributed by atoms with Crippen LogP contribution < -0.4 is 5.32 Å². The number of nitrogens with one attached hydrogen (secondary N) is 1. The van der Waals surface area contributed by atoms with E-state index >= 15 is 0 Å². The van der Waals surface area contributed by atoms with Gasteiger partial charge < -0.3 is 10.4 Å². The SMILES string of the molecule is Oc1ccccc1C1CC(c2ccccc2Cl)=Nc2ccccc2N1. The zero-order chi connectivity index (χ0) is 17.2. The van der Waals surface area contributed by atoms with E-state index in [1.807, 2.05) is 66.7 Å². The topological polar surface area (TPSA) is 44.6 Å². The molecule has 3 aromatic carbocycles. The Morgan fingerprint density at radius 2 is 1.64 bits per heavy atom. The number of aliphatic imine (C=N–C) groups is 1. The minimum absolute atomic E-state index is 0.0973. The van der Waals surface area contributed by atoms with Gasteiger partial charge in [-0.3, -0.25) is 4.99 Å². The first-order chi connectivity index (χ1) is 12.2. The molecule has 0 aromatic heterocycles. The molecule has 3 aromatic rings.